The summed E-state index contributed by atoms with van der Waals surface area (Å²) >= 11 is 6.47. The third kappa shape index (κ3) is 3.15. The minimum Gasteiger partial charge on any atom is -0.493 e. The quantitative estimate of drug-likeness (QED) is 0.687. The molecule has 2 aromatic heterocycles. The van der Waals surface area contributed by atoms with Crippen molar-refractivity contribution in [3.05, 3.63) is 57.4 Å². The molecule has 0 saturated carbocycles. The van der Waals surface area contributed by atoms with Crippen molar-refractivity contribution in [2.75, 3.05) is 0 Å². The predicted molar refractivity (Wildman–Crippen MR) is 82.5 cm³/mol. The molecule has 0 aliphatic rings. The SMILES string of the molecule is Oc1c(Cc2ccc(C(F)(F)F)cc2)[nH]c(=S)n1-c1nccs1. The molecule has 2 N–H and O–H groups in total. The van der Waals surface area contributed by atoms with Gasteiger partial charge in [0.2, 0.25) is 5.88 Å². The molecule has 2 heterocycles. The number of nitrogens with zero attached hydrogens (tertiary/aromatic N) is 2. The van der Waals surface area contributed by atoms with Crippen LogP contribution >= 0.6 is 23.6 Å². The van der Waals surface area contributed by atoms with Crippen LogP contribution in [0, 0.1) is 4.77 Å². The van der Waals surface area contributed by atoms with E-state index in [-0.39, 0.29) is 17.1 Å². The summed E-state index contributed by atoms with van der Waals surface area (Å²) in [5.74, 6) is -0.0927. The number of aromatic hydroxyl groups is 1. The van der Waals surface area contributed by atoms with Crippen LogP contribution in [0.2, 0.25) is 0 Å². The highest BCUT2D eigenvalue weighted by atomic mass is 32.1. The van der Waals surface area contributed by atoms with E-state index in [2.05, 4.69) is 9.97 Å². The van der Waals surface area contributed by atoms with Crippen LogP contribution in [0.1, 0.15) is 16.8 Å². The van der Waals surface area contributed by atoms with Gasteiger partial charge in [0.15, 0.2) is 9.90 Å². The van der Waals surface area contributed by atoms with E-state index in [1.807, 2.05) is 0 Å². The van der Waals surface area contributed by atoms with Gasteiger partial charge < -0.3 is 10.1 Å². The summed E-state index contributed by atoms with van der Waals surface area (Å²) in [5.41, 5.74) is 0.333. The number of alkyl halides is 3. The topological polar surface area (TPSA) is 53.8 Å². The maximum Gasteiger partial charge on any atom is 0.416 e. The number of aromatic amines is 1. The number of rotatable bonds is 3. The van der Waals surface area contributed by atoms with Crippen molar-refractivity contribution >= 4 is 23.6 Å². The van der Waals surface area contributed by atoms with Crippen molar-refractivity contribution < 1.29 is 18.3 Å². The Morgan fingerprint density at radius 2 is 1.96 bits per heavy atom. The van der Waals surface area contributed by atoms with Crippen molar-refractivity contribution in [3.63, 3.8) is 0 Å². The van der Waals surface area contributed by atoms with Gasteiger partial charge in [0, 0.05) is 18.0 Å². The lowest BCUT2D eigenvalue weighted by Crippen LogP contribution is -2.04. The minimum atomic E-state index is -4.37. The Balaban J connectivity index is 1.90. The highest BCUT2D eigenvalue weighted by Gasteiger charge is 2.30. The number of hydrogen-bond donors (Lipinski definition) is 2. The molecular formula is C14H10F3N3OS2. The first-order valence-electron chi connectivity index (χ1n) is 6.45. The van der Waals surface area contributed by atoms with Gasteiger partial charge in [-0.3, -0.25) is 0 Å². The highest BCUT2D eigenvalue weighted by Crippen LogP contribution is 2.30. The third-order valence-electron chi connectivity index (χ3n) is 3.22. The molecule has 0 atom stereocenters. The van der Waals surface area contributed by atoms with Gasteiger partial charge >= 0.3 is 6.18 Å². The number of benzene rings is 1. The Bertz CT molecular complexity index is 864. The summed E-state index contributed by atoms with van der Waals surface area (Å²) in [6.07, 6.45) is -2.55. The lowest BCUT2D eigenvalue weighted by molar-refractivity contribution is -0.137. The fourth-order valence-electron chi connectivity index (χ4n) is 2.11. The summed E-state index contributed by atoms with van der Waals surface area (Å²) in [4.78, 5) is 6.94. The van der Waals surface area contributed by atoms with E-state index in [1.54, 1.807) is 11.6 Å². The van der Waals surface area contributed by atoms with Crippen LogP contribution in [-0.4, -0.2) is 19.6 Å². The number of hydrogen-bond acceptors (Lipinski definition) is 4. The molecule has 0 amide bonds. The largest absolute Gasteiger partial charge is 0.493 e. The zero-order valence-corrected chi connectivity index (χ0v) is 13.1. The van der Waals surface area contributed by atoms with Crippen molar-refractivity contribution in [1.29, 1.82) is 0 Å². The average Bonchev–Trinajstić information content (AvgIpc) is 3.08. The van der Waals surface area contributed by atoms with E-state index >= 15 is 0 Å². The van der Waals surface area contributed by atoms with E-state index in [1.165, 1.54) is 28.0 Å². The van der Waals surface area contributed by atoms with Crippen LogP contribution in [0.3, 0.4) is 0 Å². The molecule has 1 aromatic carbocycles. The van der Waals surface area contributed by atoms with Crippen molar-refractivity contribution in [2.45, 2.75) is 12.6 Å². The van der Waals surface area contributed by atoms with E-state index in [9.17, 15) is 18.3 Å². The van der Waals surface area contributed by atoms with Crippen LogP contribution in [-0.2, 0) is 12.6 Å². The van der Waals surface area contributed by atoms with Crippen LogP contribution in [0.15, 0.2) is 35.8 Å². The Labute approximate surface area is 137 Å². The van der Waals surface area contributed by atoms with Gasteiger partial charge in [0.05, 0.1) is 11.3 Å². The van der Waals surface area contributed by atoms with E-state index in [4.69, 9.17) is 12.2 Å². The second-order valence-corrected chi connectivity index (χ2v) is 6.01. The van der Waals surface area contributed by atoms with Gasteiger partial charge in [-0.15, -0.1) is 11.3 Å². The summed E-state index contributed by atoms with van der Waals surface area (Å²) in [5, 5.41) is 12.5. The summed E-state index contributed by atoms with van der Waals surface area (Å²) in [6.45, 7) is 0. The molecule has 0 fully saturated rings. The molecule has 3 rings (SSSR count). The van der Waals surface area contributed by atoms with Crippen LogP contribution < -0.4 is 0 Å². The highest BCUT2D eigenvalue weighted by molar-refractivity contribution is 7.71. The molecule has 9 heteroatoms. The second kappa shape index (κ2) is 5.82. The van der Waals surface area contributed by atoms with Gasteiger partial charge in [-0.2, -0.15) is 13.2 Å². The number of halogens is 3. The molecule has 0 bridgehead atoms. The Morgan fingerprint density at radius 1 is 1.26 bits per heavy atom. The molecule has 0 radical (unpaired) electrons. The number of nitrogens with one attached hydrogen (secondary N) is 1. The van der Waals surface area contributed by atoms with Crippen molar-refractivity contribution in [2.24, 2.45) is 0 Å². The van der Waals surface area contributed by atoms with Gasteiger partial charge in [-0.25, -0.2) is 9.55 Å². The molecule has 0 aliphatic carbocycles. The average molecular weight is 357 g/mol. The summed E-state index contributed by atoms with van der Waals surface area (Å²) < 4.78 is 39.3. The summed E-state index contributed by atoms with van der Waals surface area (Å²) in [7, 11) is 0. The first-order valence-corrected chi connectivity index (χ1v) is 7.74. The van der Waals surface area contributed by atoms with Crippen molar-refractivity contribution in [1.82, 2.24) is 14.5 Å². The molecule has 4 nitrogen and oxygen atoms in total. The normalized spacial score (nSPS) is 11.8. The van der Waals surface area contributed by atoms with Crippen LogP contribution in [0.25, 0.3) is 5.13 Å². The number of imidazole rings is 1. The zero-order valence-electron chi connectivity index (χ0n) is 11.5. The Morgan fingerprint density at radius 3 is 2.52 bits per heavy atom. The Kier molecular flexibility index (Phi) is 3.99. The molecule has 0 unspecified atom stereocenters. The van der Waals surface area contributed by atoms with Gasteiger partial charge in [-0.05, 0) is 29.9 Å². The van der Waals surface area contributed by atoms with E-state index in [0.717, 1.165) is 12.1 Å². The molecular weight excluding hydrogens is 347 g/mol. The number of H-pyrrole nitrogens is 1. The maximum absolute atomic E-state index is 12.6. The van der Waals surface area contributed by atoms with Crippen molar-refractivity contribution in [3.8, 4) is 11.0 Å². The third-order valence-corrected chi connectivity index (χ3v) is 4.26. The van der Waals surface area contributed by atoms with Gasteiger partial charge in [-0.1, -0.05) is 12.1 Å². The molecule has 120 valence electrons. The second-order valence-electron chi connectivity index (χ2n) is 4.75. The monoisotopic (exact) mass is 357 g/mol. The maximum atomic E-state index is 12.6. The van der Waals surface area contributed by atoms with E-state index < -0.39 is 11.7 Å². The van der Waals surface area contributed by atoms with Crippen LogP contribution in [0.4, 0.5) is 13.2 Å². The molecule has 23 heavy (non-hydrogen) atoms. The molecule has 3 aromatic rings. The predicted octanol–water partition coefficient (Wildman–Crippen LogP) is 4.31. The lowest BCUT2D eigenvalue weighted by Gasteiger charge is -2.07. The van der Waals surface area contributed by atoms with Gasteiger partial charge in [0.25, 0.3) is 0 Å². The van der Waals surface area contributed by atoms with E-state index in [0.29, 0.717) is 16.4 Å². The van der Waals surface area contributed by atoms with Crippen LogP contribution in [0.5, 0.6) is 5.88 Å². The molecule has 0 spiro atoms. The lowest BCUT2D eigenvalue weighted by atomic mass is 10.1. The standard InChI is InChI=1S/C14H10F3N3OS2/c15-14(16,17)9-3-1-8(2-4-9)7-10-11(21)20(12(22)19-10)13-18-5-6-23-13/h1-6,21H,7H2,(H,19,22). The smallest absolute Gasteiger partial charge is 0.416 e. The number of thiazole rings is 1. The number of aromatic nitrogens is 3. The summed E-state index contributed by atoms with van der Waals surface area (Å²) in [6, 6.07) is 4.78. The fourth-order valence-corrected chi connectivity index (χ4v) is 3.12. The first kappa shape index (κ1) is 15.8. The minimum absolute atomic E-state index is 0.0927. The Hall–Kier alpha value is -2.13. The molecule has 0 saturated heterocycles. The fraction of sp³-hybridized carbons (Fsp3) is 0.143. The van der Waals surface area contributed by atoms with Gasteiger partial charge in [0.1, 0.15) is 0 Å². The molecule has 0 aliphatic heterocycles. The zero-order chi connectivity index (χ0) is 16.6. The first-order chi connectivity index (χ1) is 10.9.